The number of ether oxygens (including phenoxy) is 1. The molecule has 2 aromatic carbocycles. The zero-order valence-electron chi connectivity index (χ0n) is 25.2. The minimum absolute atomic E-state index is 0. The highest BCUT2D eigenvalue weighted by atomic mass is 79.9. The average molecular weight is 648 g/mol. The van der Waals surface area contributed by atoms with Crippen LogP contribution in [0.4, 0.5) is 10.1 Å². The van der Waals surface area contributed by atoms with Gasteiger partial charge in [-0.25, -0.2) is 4.39 Å². The second-order valence-electron chi connectivity index (χ2n) is 10.9. The van der Waals surface area contributed by atoms with E-state index < -0.39 is 0 Å². The monoisotopic (exact) mass is 646 g/mol. The number of rotatable bonds is 19. The first-order valence-electron chi connectivity index (χ1n) is 15.2. The van der Waals surface area contributed by atoms with Gasteiger partial charge < -0.3 is 26.6 Å². The van der Waals surface area contributed by atoms with Crippen molar-refractivity contribution in [3.63, 3.8) is 0 Å². The summed E-state index contributed by atoms with van der Waals surface area (Å²) in [7, 11) is 0. The van der Waals surface area contributed by atoms with Gasteiger partial charge in [0.05, 0.1) is 18.0 Å². The van der Waals surface area contributed by atoms with Crippen molar-refractivity contribution in [2.45, 2.75) is 111 Å². The summed E-state index contributed by atoms with van der Waals surface area (Å²) < 4.78 is 22.7. The van der Waals surface area contributed by atoms with E-state index in [4.69, 9.17) is 4.74 Å². The molecule has 3 aromatic rings. The van der Waals surface area contributed by atoms with Crippen LogP contribution in [0.1, 0.15) is 107 Å². The lowest BCUT2D eigenvalue weighted by Crippen LogP contribution is -3.00. The predicted octanol–water partition coefficient (Wildman–Crippen LogP) is 6.17. The van der Waals surface area contributed by atoms with Crippen LogP contribution in [0.15, 0.2) is 54.2 Å². The summed E-state index contributed by atoms with van der Waals surface area (Å²) >= 11 is 1.72. The van der Waals surface area contributed by atoms with E-state index in [-0.39, 0.29) is 34.5 Å². The Balaban J connectivity index is 0.00000588. The maximum absolute atomic E-state index is 14.8. The fraction of sp³-hybridized carbons (Fsp3) is 0.529. The van der Waals surface area contributed by atoms with Crippen LogP contribution in [0.2, 0.25) is 0 Å². The third-order valence-corrected chi connectivity index (χ3v) is 8.16. The van der Waals surface area contributed by atoms with Crippen molar-refractivity contribution >= 4 is 22.9 Å². The Bertz CT molecular complexity index is 1150. The molecular weight excluding hydrogens is 599 g/mol. The zero-order chi connectivity index (χ0) is 28.6. The molecule has 0 aliphatic carbocycles. The molecule has 226 valence electrons. The summed E-state index contributed by atoms with van der Waals surface area (Å²) in [6.07, 6.45) is 17.6. The zero-order valence-corrected chi connectivity index (χ0v) is 27.6. The number of amides is 1. The molecule has 3 rings (SSSR count). The molecule has 0 spiro atoms. The van der Waals surface area contributed by atoms with Gasteiger partial charge in [0.2, 0.25) is 11.4 Å². The summed E-state index contributed by atoms with van der Waals surface area (Å²) in [5, 5.41) is 0. The fourth-order valence-corrected chi connectivity index (χ4v) is 5.61. The summed E-state index contributed by atoms with van der Waals surface area (Å²) in [5.74, 6) is -0.173. The van der Waals surface area contributed by atoms with Gasteiger partial charge in [-0.05, 0) is 43.2 Å². The van der Waals surface area contributed by atoms with Gasteiger partial charge in [-0.3, -0.25) is 4.79 Å². The highest BCUT2D eigenvalue weighted by Crippen LogP contribution is 2.23. The number of aryl methyl sites for hydroxylation is 1. The van der Waals surface area contributed by atoms with Gasteiger partial charge in [0.15, 0.2) is 24.3 Å². The quantitative estimate of drug-likeness (QED) is 0.115. The number of halogens is 2. The highest BCUT2D eigenvalue weighted by molar-refractivity contribution is 7.09. The van der Waals surface area contributed by atoms with E-state index in [1.54, 1.807) is 29.2 Å². The van der Waals surface area contributed by atoms with Gasteiger partial charge in [-0.15, -0.1) is 0 Å². The number of hydrogen-bond acceptors (Lipinski definition) is 3. The van der Waals surface area contributed by atoms with Crippen molar-refractivity contribution in [1.82, 2.24) is 0 Å². The average Bonchev–Trinajstić information content (AvgIpc) is 3.35. The van der Waals surface area contributed by atoms with Gasteiger partial charge in [0.1, 0.15) is 0 Å². The van der Waals surface area contributed by atoms with E-state index >= 15 is 0 Å². The first kappa shape index (κ1) is 34.9. The molecule has 4 nitrogen and oxygen atoms in total. The van der Waals surface area contributed by atoms with E-state index in [1.807, 2.05) is 30.3 Å². The van der Waals surface area contributed by atoms with Crippen molar-refractivity contribution in [2.24, 2.45) is 0 Å². The normalized spacial score (nSPS) is 10.8. The molecule has 0 radical (unpaired) electrons. The Morgan fingerprint density at radius 1 is 0.878 bits per heavy atom. The van der Waals surface area contributed by atoms with E-state index in [2.05, 4.69) is 30.1 Å². The molecular formula is C34H48BrFN2O2S. The van der Waals surface area contributed by atoms with Crippen molar-refractivity contribution in [2.75, 3.05) is 11.5 Å². The van der Waals surface area contributed by atoms with Crippen molar-refractivity contribution in [3.8, 4) is 5.75 Å². The van der Waals surface area contributed by atoms with Crippen LogP contribution in [-0.2, 0) is 17.9 Å². The molecule has 0 fully saturated rings. The minimum atomic E-state index is -0.377. The molecule has 0 atom stereocenters. The van der Waals surface area contributed by atoms with Gasteiger partial charge in [-0.1, -0.05) is 107 Å². The van der Waals surface area contributed by atoms with Crippen molar-refractivity contribution in [1.29, 1.82) is 0 Å². The number of benzene rings is 2. The molecule has 0 saturated heterocycles. The van der Waals surface area contributed by atoms with Crippen LogP contribution >= 0.6 is 11.3 Å². The molecule has 0 saturated carbocycles. The number of aromatic nitrogens is 1. The Kier molecular flexibility index (Phi) is 16.9. The fourth-order valence-electron chi connectivity index (χ4n) is 4.97. The summed E-state index contributed by atoms with van der Waals surface area (Å²) in [5.41, 5.74) is 4.80. The lowest BCUT2D eigenvalue weighted by atomic mass is 10.1. The van der Waals surface area contributed by atoms with Crippen LogP contribution < -0.4 is 31.2 Å². The van der Waals surface area contributed by atoms with E-state index in [1.165, 1.54) is 75.2 Å². The van der Waals surface area contributed by atoms with Crippen molar-refractivity contribution in [3.05, 3.63) is 76.0 Å². The van der Waals surface area contributed by atoms with Crippen LogP contribution in [0.5, 0.6) is 5.75 Å². The highest BCUT2D eigenvalue weighted by Gasteiger charge is 2.15. The number of anilines is 1. The summed E-state index contributed by atoms with van der Waals surface area (Å²) in [6, 6.07) is 13.0. The van der Waals surface area contributed by atoms with Crippen LogP contribution in [0, 0.1) is 12.7 Å². The SMILES string of the molecule is CCCCCCCCCCCCCCOc1ccc(CN(C(C)=O)c2ccc(C[n+]3csc(C)c3)cc2)cc1F.[Br-]. The lowest BCUT2D eigenvalue weighted by Gasteiger charge is -2.22. The first-order chi connectivity index (χ1) is 19.5. The standard InChI is InChI=1S/C34H48FN2O2S.BrH/c1-4-5-6-7-8-9-10-11-12-13-14-15-22-39-34-21-18-31(23-33(34)35)26-37(29(3)38)32-19-16-30(17-20-32)25-36-24-28(2)40-27-36;/h16-21,23-24,27H,4-15,22,25-26H2,1-3H3;1H/q+1;/p-1. The Hall–Kier alpha value is -2.25. The Labute approximate surface area is 261 Å². The number of hydrogen-bond donors (Lipinski definition) is 0. The molecule has 0 aliphatic rings. The van der Waals surface area contributed by atoms with E-state index in [0.29, 0.717) is 13.2 Å². The summed E-state index contributed by atoms with van der Waals surface area (Å²) in [6.45, 7) is 7.52. The van der Waals surface area contributed by atoms with Crippen LogP contribution in [-0.4, -0.2) is 12.5 Å². The number of nitrogens with zero attached hydrogens (tertiary/aromatic N) is 2. The lowest BCUT2D eigenvalue weighted by molar-refractivity contribution is -0.683. The third-order valence-electron chi connectivity index (χ3n) is 7.31. The van der Waals surface area contributed by atoms with Gasteiger partial charge in [-0.2, -0.15) is 4.57 Å². The van der Waals surface area contributed by atoms with Gasteiger partial charge in [0.25, 0.3) is 0 Å². The smallest absolute Gasteiger partial charge is 0.225 e. The number of unbranched alkanes of at least 4 members (excludes halogenated alkanes) is 11. The Morgan fingerprint density at radius 3 is 2.00 bits per heavy atom. The second kappa shape index (κ2) is 19.8. The molecule has 41 heavy (non-hydrogen) atoms. The molecule has 7 heteroatoms. The largest absolute Gasteiger partial charge is 1.00 e. The number of carbonyl (C=O) groups excluding carboxylic acids is 1. The molecule has 1 heterocycles. The molecule has 0 unspecified atom stereocenters. The minimum Gasteiger partial charge on any atom is -1.00 e. The molecule has 0 aliphatic heterocycles. The van der Waals surface area contributed by atoms with Crippen LogP contribution in [0.25, 0.3) is 0 Å². The second-order valence-corrected chi connectivity index (χ2v) is 12.0. The molecule has 1 aromatic heterocycles. The van der Waals surface area contributed by atoms with E-state index in [9.17, 15) is 9.18 Å². The van der Waals surface area contributed by atoms with Crippen LogP contribution in [0.3, 0.4) is 0 Å². The molecule has 1 amide bonds. The van der Waals surface area contributed by atoms with Gasteiger partial charge in [0, 0.05) is 18.2 Å². The van der Waals surface area contributed by atoms with Gasteiger partial charge >= 0.3 is 0 Å². The first-order valence-corrected chi connectivity index (χ1v) is 16.1. The third kappa shape index (κ3) is 13.1. The van der Waals surface area contributed by atoms with E-state index in [0.717, 1.165) is 36.2 Å². The molecule has 0 N–H and O–H groups in total. The topological polar surface area (TPSA) is 33.4 Å². The number of carbonyl (C=O) groups is 1. The maximum atomic E-state index is 14.8. The number of thiazole rings is 1. The van der Waals surface area contributed by atoms with Crippen molar-refractivity contribution < 1.29 is 35.5 Å². The molecule has 0 bridgehead atoms. The Morgan fingerprint density at radius 2 is 1.46 bits per heavy atom. The predicted molar refractivity (Wildman–Crippen MR) is 165 cm³/mol. The maximum Gasteiger partial charge on any atom is 0.225 e. The summed E-state index contributed by atoms with van der Waals surface area (Å²) in [4.78, 5) is 15.4.